The molecule has 0 saturated carbocycles. The molecule has 0 saturated heterocycles. The fraction of sp³-hybridized carbons (Fsp3) is 0.333. The van der Waals surface area contributed by atoms with Gasteiger partial charge in [-0.05, 0) is 26.0 Å². The van der Waals surface area contributed by atoms with Crippen molar-refractivity contribution in [2.75, 3.05) is 12.4 Å². The fourth-order valence-corrected chi connectivity index (χ4v) is 2.45. The number of aliphatic hydroxyl groups is 1. The fourth-order valence-electron chi connectivity index (χ4n) is 2.13. The topological polar surface area (TPSA) is 52.6 Å². The van der Waals surface area contributed by atoms with Crippen molar-refractivity contribution in [2.24, 2.45) is 0 Å². The molecule has 0 bridgehead atoms. The van der Waals surface area contributed by atoms with Gasteiger partial charge < -0.3 is 15.3 Å². The monoisotopic (exact) mass is 290 g/mol. The molecule has 0 atom stereocenters. The van der Waals surface area contributed by atoms with E-state index in [0.29, 0.717) is 6.42 Å². The molecular formula is C15H18N2O2S. The Bertz CT molecular complexity index is 579. The van der Waals surface area contributed by atoms with Crippen molar-refractivity contribution in [1.82, 2.24) is 4.90 Å². The van der Waals surface area contributed by atoms with Gasteiger partial charge in [0.1, 0.15) is 16.3 Å². The standard InChI is InChI=1S/C15H18N2O2S/c1-15(2)9-11(18)12(14(19)17(15)3)13(20)16-10-7-5-4-6-8-10/h4-8,18H,9H2,1-3H3,(H,16,20). The molecule has 106 valence electrons. The van der Waals surface area contributed by atoms with Gasteiger partial charge in [0.2, 0.25) is 0 Å². The lowest BCUT2D eigenvalue weighted by Crippen LogP contribution is -2.50. The van der Waals surface area contributed by atoms with Gasteiger partial charge in [0.25, 0.3) is 5.91 Å². The van der Waals surface area contributed by atoms with Gasteiger partial charge in [-0.15, -0.1) is 0 Å². The van der Waals surface area contributed by atoms with Crippen molar-refractivity contribution >= 4 is 28.8 Å². The second-order valence-corrected chi connectivity index (χ2v) is 5.90. The van der Waals surface area contributed by atoms with Gasteiger partial charge in [0.15, 0.2) is 0 Å². The number of likely N-dealkylation sites (N-methyl/N-ethyl adjacent to an activating group) is 1. The zero-order valence-corrected chi connectivity index (χ0v) is 12.6. The zero-order chi connectivity index (χ0) is 14.9. The van der Waals surface area contributed by atoms with E-state index < -0.39 is 5.54 Å². The smallest absolute Gasteiger partial charge is 0.260 e. The van der Waals surface area contributed by atoms with Crippen LogP contribution in [0.15, 0.2) is 41.7 Å². The maximum atomic E-state index is 12.4. The summed E-state index contributed by atoms with van der Waals surface area (Å²) in [6.07, 6.45) is 0.390. The highest BCUT2D eigenvalue weighted by Crippen LogP contribution is 2.30. The van der Waals surface area contributed by atoms with Crippen LogP contribution in [0.1, 0.15) is 20.3 Å². The normalized spacial score (nSPS) is 18.1. The molecule has 2 N–H and O–H groups in total. The molecule has 0 radical (unpaired) electrons. The Morgan fingerprint density at radius 3 is 2.55 bits per heavy atom. The number of benzene rings is 1. The zero-order valence-electron chi connectivity index (χ0n) is 11.8. The summed E-state index contributed by atoms with van der Waals surface area (Å²) in [5.74, 6) is -0.210. The third-order valence-electron chi connectivity index (χ3n) is 3.57. The number of aliphatic hydroxyl groups excluding tert-OH is 1. The number of para-hydroxylation sites is 1. The Labute approximate surface area is 124 Å². The predicted molar refractivity (Wildman–Crippen MR) is 83.8 cm³/mol. The van der Waals surface area contributed by atoms with Crippen LogP contribution in [0.5, 0.6) is 0 Å². The highest BCUT2D eigenvalue weighted by atomic mass is 32.1. The van der Waals surface area contributed by atoms with E-state index in [4.69, 9.17) is 12.2 Å². The lowest BCUT2D eigenvalue weighted by Gasteiger charge is -2.40. The average molecular weight is 290 g/mol. The van der Waals surface area contributed by atoms with Crippen molar-refractivity contribution in [3.8, 4) is 0 Å². The van der Waals surface area contributed by atoms with Crippen LogP contribution >= 0.6 is 12.2 Å². The summed E-state index contributed by atoms with van der Waals surface area (Å²) in [5.41, 5.74) is 0.566. The molecule has 1 aromatic rings. The number of rotatable bonds is 2. The maximum absolute atomic E-state index is 12.4. The first-order chi connectivity index (χ1) is 9.33. The number of nitrogens with one attached hydrogen (secondary N) is 1. The Hall–Kier alpha value is -1.88. The third-order valence-corrected chi connectivity index (χ3v) is 3.88. The van der Waals surface area contributed by atoms with Crippen LogP contribution in [0.25, 0.3) is 0 Å². The molecule has 1 aromatic carbocycles. The van der Waals surface area contributed by atoms with Crippen LogP contribution in [0, 0.1) is 0 Å². The summed E-state index contributed by atoms with van der Waals surface area (Å²) >= 11 is 5.26. The molecule has 0 aliphatic carbocycles. The lowest BCUT2D eigenvalue weighted by molar-refractivity contribution is -0.131. The summed E-state index contributed by atoms with van der Waals surface area (Å²) in [7, 11) is 1.72. The highest BCUT2D eigenvalue weighted by Gasteiger charge is 2.38. The van der Waals surface area contributed by atoms with E-state index in [2.05, 4.69) is 5.32 Å². The number of carbonyl (C=O) groups is 1. The Balaban J connectivity index is 2.27. The van der Waals surface area contributed by atoms with E-state index in [0.717, 1.165) is 5.69 Å². The van der Waals surface area contributed by atoms with Gasteiger partial charge in [-0.3, -0.25) is 4.79 Å². The second-order valence-electron chi connectivity index (χ2n) is 5.50. The maximum Gasteiger partial charge on any atom is 0.260 e. The van der Waals surface area contributed by atoms with E-state index in [1.165, 1.54) is 0 Å². The molecule has 1 heterocycles. The summed E-state index contributed by atoms with van der Waals surface area (Å²) in [5, 5.41) is 13.1. The van der Waals surface area contributed by atoms with Crippen LogP contribution in [-0.2, 0) is 4.79 Å². The summed E-state index contributed by atoms with van der Waals surface area (Å²) in [6, 6.07) is 9.34. The minimum Gasteiger partial charge on any atom is -0.511 e. The van der Waals surface area contributed by atoms with Gasteiger partial charge in [-0.1, -0.05) is 30.4 Å². The number of thiocarbonyl (C=S) groups is 1. The first-order valence-corrected chi connectivity index (χ1v) is 6.80. The minimum atomic E-state index is -0.410. The predicted octanol–water partition coefficient (Wildman–Crippen LogP) is 2.88. The van der Waals surface area contributed by atoms with Crippen molar-refractivity contribution < 1.29 is 9.90 Å². The SMILES string of the molecule is CN1C(=O)C(C(=S)Nc2ccccc2)=C(O)CC1(C)C. The van der Waals surface area contributed by atoms with E-state index in [9.17, 15) is 9.90 Å². The van der Waals surface area contributed by atoms with Crippen LogP contribution in [0.4, 0.5) is 5.69 Å². The number of hydrogen-bond donors (Lipinski definition) is 2. The molecule has 1 aliphatic heterocycles. The number of anilines is 1. The quantitative estimate of drug-likeness (QED) is 0.822. The molecule has 2 rings (SSSR count). The van der Waals surface area contributed by atoms with Crippen molar-refractivity contribution in [1.29, 1.82) is 0 Å². The van der Waals surface area contributed by atoms with E-state index in [-0.39, 0.29) is 22.2 Å². The average Bonchev–Trinajstić information content (AvgIpc) is 2.37. The molecule has 0 fully saturated rings. The molecule has 5 heteroatoms. The second kappa shape index (κ2) is 5.25. The number of hydrogen-bond acceptors (Lipinski definition) is 3. The van der Waals surface area contributed by atoms with Crippen LogP contribution in [0.3, 0.4) is 0 Å². The number of nitrogens with zero attached hydrogens (tertiary/aromatic N) is 1. The highest BCUT2D eigenvalue weighted by molar-refractivity contribution is 7.81. The Morgan fingerprint density at radius 2 is 1.95 bits per heavy atom. The van der Waals surface area contributed by atoms with Crippen molar-refractivity contribution in [3.63, 3.8) is 0 Å². The largest absolute Gasteiger partial charge is 0.511 e. The summed E-state index contributed by atoms with van der Waals surface area (Å²) in [6.45, 7) is 3.82. The summed E-state index contributed by atoms with van der Waals surface area (Å²) < 4.78 is 0. The van der Waals surface area contributed by atoms with Crippen LogP contribution in [0.2, 0.25) is 0 Å². The molecule has 0 aromatic heterocycles. The first kappa shape index (κ1) is 14.5. The molecule has 4 nitrogen and oxygen atoms in total. The van der Waals surface area contributed by atoms with Crippen molar-refractivity contribution in [2.45, 2.75) is 25.8 Å². The number of carbonyl (C=O) groups excluding carboxylic acids is 1. The number of amides is 1. The van der Waals surface area contributed by atoms with Gasteiger partial charge in [-0.2, -0.15) is 0 Å². The van der Waals surface area contributed by atoms with E-state index >= 15 is 0 Å². The lowest BCUT2D eigenvalue weighted by atomic mass is 9.90. The van der Waals surface area contributed by atoms with E-state index in [1.54, 1.807) is 11.9 Å². The van der Waals surface area contributed by atoms with Gasteiger partial charge in [-0.25, -0.2) is 0 Å². The van der Waals surface area contributed by atoms with Crippen molar-refractivity contribution in [3.05, 3.63) is 41.7 Å². The molecule has 1 amide bonds. The Morgan fingerprint density at radius 1 is 1.35 bits per heavy atom. The molecular weight excluding hydrogens is 272 g/mol. The van der Waals surface area contributed by atoms with E-state index in [1.807, 2.05) is 44.2 Å². The third kappa shape index (κ3) is 2.67. The first-order valence-electron chi connectivity index (χ1n) is 6.39. The van der Waals surface area contributed by atoms with Crippen LogP contribution < -0.4 is 5.32 Å². The molecule has 0 spiro atoms. The van der Waals surface area contributed by atoms with Gasteiger partial charge in [0, 0.05) is 24.7 Å². The molecule has 20 heavy (non-hydrogen) atoms. The minimum absolute atomic E-state index is 0.0477. The Kier molecular flexibility index (Phi) is 3.81. The molecule has 1 aliphatic rings. The van der Waals surface area contributed by atoms with Crippen LogP contribution in [-0.4, -0.2) is 33.5 Å². The summed E-state index contributed by atoms with van der Waals surface area (Å²) in [4.78, 5) is 14.2. The van der Waals surface area contributed by atoms with Gasteiger partial charge >= 0.3 is 0 Å². The van der Waals surface area contributed by atoms with Gasteiger partial charge in [0.05, 0.1) is 0 Å². The molecule has 0 unspecified atom stereocenters.